The summed E-state index contributed by atoms with van der Waals surface area (Å²) in [5.74, 6) is 0. The van der Waals surface area contributed by atoms with E-state index in [1.54, 1.807) is 0 Å². The van der Waals surface area contributed by atoms with Gasteiger partial charge in [-0.1, -0.05) is 200 Å². The van der Waals surface area contributed by atoms with Crippen molar-refractivity contribution in [1.29, 1.82) is 0 Å². The van der Waals surface area contributed by atoms with Crippen molar-refractivity contribution in [2.24, 2.45) is 0 Å². The third kappa shape index (κ3) is 32.0. The van der Waals surface area contributed by atoms with Gasteiger partial charge >= 0.3 is 10.1 Å². The molecule has 0 unspecified atom stereocenters. The molecule has 0 atom stereocenters. The summed E-state index contributed by atoms with van der Waals surface area (Å²) in [5, 5.41) is -1.04. The number of unbranched alkanes of at least 4 members (excludes halogenated alkanes) is 30. The first-order valence-electron chi connectivity index (χ1n) is 17.5. The van der Waals surface area contributed by atoms with Gasteiger partial charge in [0.2, 0.25) is 0 Å². The van der Waals surface area contributed by atoms with E-state index in [0.717, 1.165) is 19.3 Å². The Kier molecular flexibility index (Phi) is 30.2. The summed E-state index contributed by atoms with van der Waals surface area (Å²) in [5.41, 5.74) is 0. The Labute approximate surface area is 245 Å². The minimum absolute atomic E-state index is 0.0572. The summed E-state index contributed by atoms with van der Waals surface area (Å²) in [6, 6.07) is 0. The van der Waals surface area contributed by atoms with Gasteiger partial charge in [-0.15, -0.1) is 0 Å². The van der Waals surface area contributed by atoms with Gasteiger partial charge < -0.3 is 0 Å². The standard InChI is InChI=1S/C34H68O4S/c1-2-3-4-5-6-7-8-9-10-11-12-13-14-15-16-17-18-19-20-21-22-23-24-25-26-27-28-29-30-31-32-33-34(35)39(36,37)38/h2-33H2,1H3,(H,36,37,38). The van der Waals surface area contributed by atoms with Gasteiger partial charge in [0.25, 0.3) is 5.12 Å². The maximum absolute atomic E-state index is 11.1. The molecule has 39 heavy (non-hydrogen) atoms. The fraction of sp³-hybridized carbons (Fsp3) is 0.971. The van der Waals surface area contributed by atoms with Crippen molar-refractivity contribution >= 4 is 15.2 Å². The SMILES string of the molecule is CCCCCCCCCCCCCCCCCCCCCCCCCCCCCCCCCC(=O)S(=O)(=O)O. The number of rotatable bonds is 32. The zero-order chi connectivity index (χ0) is 28.7. The molecule has 0 bridgehead atoms. The molecule has 0 heterocycles. The van der Waals surface area contributed by atoms with E-state index >= 15 is 0 Å². The molecule has 0 aliphatic heterocycles. The predicted molar refractivity (Wildman–Crippen MR) is 170 cm³/mol. The Morgan fingerprint density at radius 1 is 0.385 bits per heavy atom. The van der Waals surface area contributed by atoms with Crippen molar-refractivity contribution in [3.8, 4) is 0 Å². The summed E-state index contributed by atoms with van der Waals surface area (Å²) >= 11 is 0. The van der Waals surface area contributed by atoms with Crippen molar-refractivity contribution in [3.05, 3.63) is 0 Å². The average molecular weight is 573 g/mol. The van der Waals surface area contributed by atoms with Crippen LogP contribution in [0.2, 0.25) is 0 Å². The van der Waals surface area contributed by atoms with Crippen LogP contribution in [0.1, 0.15) is 212 Å². The van der Waals surface area contributed by atoms with E-state index in [0.29, 0.717) is 6.42 Å². The summed E-state index contributed by atoms with van der Waals surface area (Å²) in [4.78, 5) is 11.1. The predicted octanol–water partition coefficient (Wildman–Crippen LogP) is 11.9. The molecule has 4 nitrogen and oxygen atoms in total. The second-order valence-corrected chi connectivity index (χ2v) is 13.6. The van der Waals surface area contributed by atoms with Gasteiger partial charge in [-0.05, 0) is 6.42 Å². The van der Waals surface area contributed by atoms with Crippen molar-refractivity contribution in [3.63, 3.8) is 0 Å². The van der Waals surface area contributed by atoms with Crippen LogP contribution in [0.15, 0.2) is 0 Å². The van der Waals surface area contributed by atoms with Crippen LogP contribution in [-0.4, -0.2) is 18.1 Å². The van der Waals surface area contributed by atoms with Gasteiger partial charge in [0.1, 0.15) is 0 Å². The largest absolute Gasteiger partial charge is 0.328 e. The Hall–Kier alpha value is -0.420. The molecule has 0 aliphatic rings. The number of hydrogen-bond donors (Lipinski definition) is 1. The molecular weight excluding hydrogens is 504 g/mol. The van der Waals surface area contributed by atoms with Crippen molar-refractivity contribution in [1.82, 2.24) is 0 Å². The monoisotopic (exact) mass is 572 g/mol. The summed E-state index contributed by atoms with van der Waals surface area (Å²) in [7, 11) is -4.47. The highest BCUT2D eigenvalue weighted by molar-refractivity contribution is 8.01. The van der Waals surface area contributed by atoms with Crippen LogP contribution >= 0.6 is 0 Å². The lowest BCUT2D eigenvalue weighted by Crippen LogP contribution is -2.12. The Bertz CT molecular complexity index is 602. The second-order valence-electron chi connectivity index (χ2n) is 12.2. The van der Waals surface area contributed by atoms with Gasteiger partial charge in [-0.2, -0.15) is 8.42 Å². The second kappa shape index (κ2) is 30.5. The third-order valence-corrected chi connectivity index (χ3v) is 9.05. The minimum Gasteiger partial charge on any atom is -0.280 e. The van der Waals surface area contributed by atoms with Gasteiger partial charge in [0.05, 0.1) is 0 Å². The molecule has 0 aromatic carbocycles. The summed E-state index contributed by atoms with van der Waals surface area (Å²) < 4.78 is 29.9. The smallest absolute Gasteiger partial charge is 0.280 e. The van der Waals surface area contributed by atoms with E-state index < -0.39 is 15.2 Å². The third-order valence-electron chi connectivity index (χ3n) is 8.27. The molecule has 0 aliphatic carbocycles. The Morgan fingerprint density at radius 2 is 0.564 bits per heavy atom. The lowest BCUT2D eigenvalue weighted by Gasteiger charge is -2.04. The van der Waals surface area contributed by atoms with Crippen LogP contribution in [0.3, 0.4) is 0 Å². The highest BCUT2D eigenvalue weighted by atomic mass is 32.2. The molecule has 0 aromatic heterocycles. The van der Waals surface area contributed by atoms with Crippen LogP contribution in [-0.2, 0) is 14.9 Å². The van der Waals surface area contributed by atoms with Crippen molar-refractivity contribution in [2.75, 3.05) is 0 Å². The van der Waals surface area contributed by atoms with E-state index in [2.05, 4.69) is 6.92 Å². The molecule has 0 amide bonds. The average Bonchev–Trinajstić information content (AvgIpc) is 2.91. The van der Waals surface area contributed by atoms with Gasteiger partial charge in [-0.25, -0.2) is 0 Å². The number of carbonyl (C=O) groups is 1. The van der Waals surface area contributed by atoms with E-state index in [4.69, 9.17) is 4.55 Å². The van der Waals surface area contributed by atoms with E-state index in [1.165, 1.54) is 173 Å². The highest BCUT2D eigenvalue weighted by Gasteiger charge is 2.16. The lowest BCUT2D eigenvalue weighted by atomic mass is 10.0. The molecule has 0 aromatic rings. The van der Waals surface area contributed by atoms with Crippen molar-refractivity contribution in [2.45, 2.75) is 212 Å². The molecule has 5 heteroatoms. The molecule has 0 radical (unpaired) electrons. The van der Waals surface area contributed by atoms with Crippen LogP contribution in [0, 0.1) is 0 Å². The Morgan fingerprint density at radius 3 is 0.744 bits per heavy atom. The van der Waals surface area contributed by atoms with Crippen LogP contribution in [0.5, 0.6) is 0 Å². The van der Waals surface area contributed by atoms with E-state index in [9.17, 15) is 13.2 Å². The quantitative estimate of drug-likeness (QED) is 0.0642. The summed E-state index contributed by atoms with van der Waals surface area (Å²) in [6.45, 7) is 2.29. The molecule has 1 N–H and O–H groups in total. The van der Waals surface area contributed by atoms with Crippen molar-refractivity contribution < 1.29 is 17.8 Å². The zero-order valence-electron chi connectivity index (χ0n) is 26.2. The molecule has 234 valence electrons. The van der Waals surface area contributed by atoms with Gasteiger partial charge in [-0.3, -0.25) is 9.35 Å². The van der Waals surface area contributed by atoms with Crippen LogP contribution in [0.25, 0.3) is 0 Å². The minimum atomic E-state index is -4.47. The highest BCUT2D eigenvalue weighted by Crippen LogP contribution is 2.17. The molecule has 0 fully saturated rings. The topological polar surface area (TPSA) is 71.4 Å². The maximum Gasteiger partial charge on any atom is 0.328 e. The zero-order valence-corrected chi connectivity index (χ0v) is 27.0. The Balaban J connectivity index is 3.09. The normalized spacial score (nSPS) is 11.8. The fourth-order valence-electron chi connectivity index (χ4n) is 5.60. The van der Waals surface area contributed by atoms with Gasteiger partial charge in [0, 0.05) is 6.42 Å². The molecular formula is C34H68O4S. The first kappa shape index (κ1) is 38.6. The molecule has 0 spiro atoms. The summed E-state index contributed by atoms with van der Waals surface area (Å²) in [6.07, 6.45) is 41.8. The first-order chi connectivity index (χ1) is 19.0. The molecule has 0 saturated carbocycles. The molecule has 0 saturated heterocycles. The van der Waals surface area contributed by atoms with Crippen LogP contribution in [0.4, 0.5) is 0 Å². The number of hydrogen-bond acceptors (Lipinski definition) is 3. The van der Waals surface area contributed by atoms with Gasteiger partial charge in [0.15, 0.2) is 0 Å². The van der Waals surface area contributed by atoms with Crippen LogP contribution < -0.4 is 0 Å². The molecule has 0 rings (SSSR count). The lowest BCUT2D eigenvalue weighted by molar-refractivity contribution is -0.112. The first-order valence-corrected chi connectivity index (χ1v) is 18.9. The van der Waals surface area contributed by atoms with E-state index in [1.807, 2.05) is 0 Å². The number of carbonyl (C=O) groups excluding carboxylic acids is 1. The van der Waals surface area contributed by atoms with E-state index in [-0.39, 0.29) is 6.42 Å². The fourth-order valence-corrected chi connectivity index (χ4v) is 6.00. The maximum atomic E-state index is 11.1.